The molecule has 0 aliphatic carbocycles. The number of nitrogens with zero attached hydrogens (tertiary/aromatic N) is 2. The number of ether oxygens (including phenoxy) is 6. The second kappa shape index (κ2) is 17.5. The summed E-state index contributed by atoms with van der Waals surface area (Å²) in [5, 5.41) is 0. The zero-order valence-corrected chi connectivity index (χ0v) is 25.9. The van der Waals surface area contributed by atoms with E-state index in [-0.39, 0.29) is 21.1 Å². The Balaban J connectivity index is 0.000000280. The molecule has 4 rings (SSSR count). The second-order valence-electron chi connectivity index (χ2n) is 7.83. The first-order chi connectivity index (χ1) is 19.6. The number of rotatable bonds is 11. The molecule has 0 fully saturated rings. The van der Waals surface area contributed by atoms with E-state index < -0.39 is 0 Å². The molecule has 0 aliphatic rings. The van der Waals surface area contributed by atoms with Gasteiger partial charge in [0.15, 0.2) is 0 Å². The monoisotopic (exact) mass is 735 g/mol. The zero-order chi connectivity index (χ0) is 28.7. The number of hydrogen-bond acceptors (Lipinski definition) is 8. The predicted molar refractivity (Wildman–Crippen MR) is 153 cm³/mol. The van der Waals surface area contributed by atoms with Crippen molar-refractivity contribution in [1.82, 2.24) is 9.97 Å². The molecule has 0 N–H and O–H groups in total. The number of benzene rings is 2. The Hall–Kier alpha value is -4.21. The van der Waals surface area contributed by atoms with Gasteiger partial charge in [-0.3, -0.25) is 0 Å². The summed E-state index contributed by atoms with van der Waals surface area (Å²) in [6, 6.07) is 20.6. The van der Waals surface area contributed by atoms with Crippen LogP contribution in [-0.4, -0.2) is 44.0 Å². The molecule has 0 aliphatic heterocycles. The maximum absolute atomic E-state index is 5.66. The zero-order valence-electron chi connectivity index (χ0n) is 23.6. The van der Waals surface area contributed by atoms with Crippen molar-refractivity contribution in [2.45, 2.75) is 20.8 Å². The fourth-order valence-electron chi connectivity index (χ4n) is 3.58. The maximum atomic E-state index is 5.66. The third-order valence-electron chi connectivity index (χ3n) is 5.29. The molecule has 0 radical (unpaired) electrons. The van der Waals surface area contributed by atoms with Gasteiger partial charge >= 0.3 is 21.1 Å². The Bertz CT molecular complexity index is 1420. The van der Waals surface area contributed by atoms with Gasteiger partial charge in [0.05, 0.1) is 39.8 Å². The van der Waals surface area contributed by atoms with Gasteiger partial charge in [0, 0.05) is 29.6 Å². The number of methoxy groups -OCH3 is 2. The molecular formula is C32H32N2O6Pt. The van der Waals surface area contributed by atoms with E-state index in [2.05, 4.69) is 28.2 Å². The number of pyridine rings is 2. The van der Waals surface area contributed by atoms with Gasteiger partial charge in [0.1, 0.15) is 17.6 Å². The van der Waals surface area contributed by atoms with E-state index in [1.54, 1.807) is 63.0 Å². The first-order valence-electron chi connectivity index (χ1n) is 12.7. The number of hydrogen-bond donors (Lipinski definition) is 0. The van der Waals surface area contributed by atoms with Crippen LogP contribution in [0.25, 0.3) is 22.5 Å². The smallest absolute Gasteiger partial charge is 0.537 e. The van der Waals surface area contributed by atoms with Crippen molar-refractivity contribution in [1.29, 1.82) is 0 Å². The summed E-state index contributed by atoms with van der Waals surface area (Å²) in [6.45, 7) is 7.52. The Morgan fingerprint density at radius 3 is 1.59 bits per heavy atom. The third kappa shape index (κ3) is 9.44. The van der Waals surface area contributed by atoms with Crippen LogP contribution in [0.15, 0.2) is 60.9 Å². The quantitative estimate of drug-likeness (QED) is 0.132. The van der Waals surface area contributed by atoms with Gasteiger partial charge in [-0.15, -0.1) is 24.3 Å². The molecule has 9 heteroatoms. The first-order valence-corrected chi connectivity index (χ1v) is 12.7. The Morgan fingerprint density at radius 1 is 0.683 bits per heavy atom. The minimum atomic E-state index is 0. The van der Waals surface area contributed by atoms with Gasteiger partial charge in [-0.25, -0.2) is 0 Å². The van der Waals surface area contributed by atoms with Crippen LogP contribution in [0.5, 0.6) is 34.5 Å². The Kier molecular flexibility index (Phi) is 14.1. The second-order valence-corrected chi connectivity index (χ2v) is 7.83. The summed E-state index contributed by atoms with van der Waals surface area (Å²) in [5.74, 6) is 4.01. The van der Waals surface area contributed by atoms with Crippen LogP contribution < -0.4 is 28.4 Å². The minimum Gasteiger partial charge on any atom is -0.537 e. The Morgan fingerprint density at radius 2 is 1.15 bits per heavy atom. The molecule has 8 nitrogen and oxygen atoms in total. The molecule has 4 aromatic rings. The molecule has 0 saturated heterocycles. The Labute approximate surface area is 256 Å². The van der Waals surface area contributed by atoms with E-state index in [0.29, 0.717) is 54.1 Å². The average molecular weight is 736 g/mol. The molecule has 2 aromatic heterocycles. The first kappa shape index (κ1) is 33.0. The third-order valence-corrected chi connectivity index (χ3v) is 5.29. The van der Waals surface area contributed by atoms with Gasteiger partial charge in [0.2, 0.25) is 0 Å². The fraction of sp³-hybridized carbons (Fsp3) is 0.250. The van der Waals surface area contributed by atoms with Crippen LogP contribution in [0.2, 0.25) is 0 Å². The summed E-state index contributed by atoms with van der Waals surface area (Å²) in [6.07, 6.45) is 10.7. The van der Waals surface area contributed by atoms with Gasteiger partial charge in [-0.2, -0.15) is 0 Å². The number of terminal acetylenes is 1. The van der Waals surface area contributed by atoms with E-state index in [4.69, 9.17) is 34.8 Å². The van der Waals surface area contributed by atoms with Gasteiger partial charge in [-0.1, -0.05) is 29.7 Å². The van der Waals surface area contributed by atoms with Crippen LogP contribution in [0.1, 0.15) is 20.8 Å². The molecule has 0 bridgehead atoms. The van der Waals surface area contributed by atoms with Crippen LogP contribution in [0, 0.1) is 24.7 Å². The minimum absolute atomic E-state index is 0. The summed E-state index contributed by atoms with van der Waals surface area (Å²) < 4.78 is 32.1. The van der Waals surface area contributed by atoms with Gasteiger partial charge in [0.25, 0.3) is 0 Å². The van der Waals surface area contributed by atoms with E-state index >= 15 is 0 Å². The molecule has 0 unspecified atom stereocenters. The van der Waals surface area contributed by atoms with E-state index in [1.165, 1.54) is 0 Å². The van der Waals surface area contributed by atoms with Crippen molar-refractivity contribution in [2.75, 3.05) is 34.0 Å². The normalized spacial score (nSPS) is 9.66. The summed E-state index contributed by atoms with van der Waals surface area (Å²) in [7, 11) is 3.23. The van der Waals surface area contributed by atoms with Crippen molar-refractivity contribution in [3.63, 3.8) is 0 Å². The van der Waals surface area contributed by atoms with Crippen LogP contribution in [-0.2, 0) is 21.1 Å². The fourth-order valence-corrected chi connectivity index (χ4v) is 3.58. The molecule has 216 valence electrons. The van der Waals surface area contributed by atoms with Gasteiger partial charge < -0.3 is 38.4 Å². The van der Waals surface area contributed by atoms with Crippen molar-refractivity contribution >= 4 is 0 Å². The SMILES string of the molecule is C#COc1cc(OCC)c[c-]c1-c1cc(OC)ccn1.CCOc1c[c-]c(-c2cc(OC)ccn2)c(OCC)c1.[Pt+2]. The topological polar surface area (TPSA) is 81.2 Å². The summed E-state index contributed by atoms with van der Waals surface area (Å²) in [5.41, 5.74) is 2.88. The predicted octanol–water partition coefficient (Wildman–Crippen LogP) is 6.28. The standard InChI is InChI=1S/C16H18NO3.C16H14NO3.Pt/c2*1-4-19-13-6-7-14(16(11-13)20-5-2)15-10-12(18-3)8-9-17-15;/h6,8-11H,4-5H2,1-3H3;2,6,8-11H,4H2,1,3H3;/q2*-1;+2. The van der Waals surface area contributed by atoms with Crippen molar-refractivity contribution < 1.29 is 49.5 Å². The molecular weight excluding hydrogens is 703 g/mol. The molecule has 0 saturated carbocycles. The number of aromatic nitrogens is 2. The summed E-state index contributed by atoms with van der Waals surface area (Å²) in [4.78, 5) is 8.62. The molecule has 0 amide bonds. The molecule has 0 spiro atoms. The van der Waals surface area contributed by atoms with Crippen molar-refractivity contribution in [3.05, 3.63) is 73.1 Å². The molecule has 41 heavy (non-hydrogen) atoms. The molecule has 2 aromatic carbocycles. The van der Waals surface area contributed by atoms with E-state index in [1.807, 2.05) is 32.9 Å². The van der Waals surface area contributed by atoms with Gasteiger partial charge in [-0.05, 0) is 56.4 Å². The average Bonchev–Trinajstić information content (AvgIpc) is 2.98. The van der Waals surface area contributed by atoms with E-state index in [0.717, 1.165) is 22.8 Å². The van der Waals surface area contributed by atoms with Crippen molar-refractivity contribution in [3.8, 4) is 69.5 Å². The summed E-state index contributed by atoms with van der Waals surface area (Å²) >= 11 is 0. The van der Waals surface area contributed by atoms with E-state index in [9.17, 15) is 0 Å². The molecule has 0 atom stereocenters. The molecule has 2 heterocycles. The maximum Gasteiger partial charge on any atom is 2.00 e. The van der Waals surface area contributed by atoms with Crippen LogP contribution in [0.3, 0.4) is 0 Å². The van der Waals surface area contributed by atoms with Crippen molar-refractivity contribution in [2.24, 2.45) is 0 Å². The van der Waals surface area contributed by atoms with Crippen LogP contribution in [0.4, 0.5) is 0 Å². The van der Waals surface area contributed by atoms with Crippen LogP contribution >= 0.6 is 0 Å². The largest absolute Gasteiger partial charge is 2.00 e.